The van der Waals surface area contributed by atoms with Gasteiger partial charge < -0.3 is 5.32 Å². The van der Waals surface area contributed by atoms with E-state index in [0.29, 0.717) is 6.04 Å². The molecule has 1 aliphatic carbocycles. The highest BCUT2D eigenvalue weighted by Crippen LogP contribution is 2.38. The predicted octanol–water partition coefficient (Wildman–Crippen LogP) is 3.90. The van der Waals surface area contributed by atoms with Gasteiger partial charge in [0.05, 0.1) is 0 Å². The minimum absolute atomic E-state index is 0.557. The number of rotatable bonds is 4. The maximum absolute atomic E-state index is 3.61. The fraction of sp³-hybridized carbons (Fsp3) is 0.538. The Bertz CT molecular complexity index is 320. The van der Waals surface area contributed by atoms with Crippen LogP contribution in [0.15, 0.2) is 28.7 Å². The zero-order chi connectivity index (χ0) is 10.7. The van der Waals surface area contributed by atoms with Crippen molar-refractivity contribution in [2.45, 2.75) is 32.2 Å². The Kier molecular flexibility index (Phi) is 3.81. The molecule has 15 heavy (non-hydrogen) atoms. The Morgan fingerprint density at radius 1 is 1.47 bits per heavy atom. The standard InChI is InChI=1S/C13H18BrN/c1-2-15-13(10-5-3-6-10)11-7-4-8-12(14)9-11/h4,7-10,13,15H,2-3,5-6H2,1H3. The lowest BCUT2D eigenvalue weighted by molar-refractivity contribution is 0.233. The number of hydrogen-bond acceptors (Lipinski definition) is 1. The highest BCUT2D eigenvalue weighted by atomic mass is 79.9. The molecule has 1 unspecified atom stereocenters. The van der Waals surface area contributed by atoms with E-state index in [1.807, 2.05) is 0 Å². The van der Waals surface area contributed by atoms with Gasteiger partial charge in [0.1, 0.15) is 0 Å². The monoisotopic (exact) mass is 267 g/mol. The van der Waals surface area contributed by atoms with Crippen LogP contribution in [0.2, 0.25) is 0 Å². The fourth-order valence-corrected chi connectivity index (χ4v) is 2.67. The summed E-state index contributed by atoms with van der Waals surface area (Å²) in [5.74, 6) is 0.847. The van der Waals surface area contributed by atoms with Gasteiger partial charge in [0, 0.05) is 10.5 Å². The van der Waals surface area contributed by atoms with Gasteiger partial charge >= 0.3 is 0 Å². The van der Waals surface area contributed by atoms with E-state index in [2.05, 4.69) is 52.4 Å². The molecule has 0 aromatic heterocycles. The Morgan fingerprint density at radius 3 is 2.80 bits per heavy atom. The molecule has 2 rings (SSSR count). The van der Waals surface area contributed by atoms with Crippen LogP contribution in [0.25, 0.3) is 0 Å². The summed E-state index contributed by atoms with van der Waals surface area (Å²) in [6.07, 6.45) is 4.16. The molecule has 1 atom stereocenters. The third-order valence-electron chi connectivity index (χ3n) is 3.25. The summed E-state index contributed by atoms with van der Waals surface area (Å²) < 4.78 is 1.18. The van der Waals surface area contributed by atoms with E-state index < -0.39 is 0 Å². The summed E-state index contributed by atoms with van der Waals surface area (Å²) in [5.41, 5.74) is 1.43. The number of nitrogens with one attached hydrogen (secondary N) is 1. The average molecular weight is 268 g/mol. The van der Waals surface area contributed by atoms with E-state index in [1.54, 1.807) is 0 Å². The Balaban J connectivity index is 2.15. The third kappa shape index (κ3) is 2.61. The smallest absolute Gasteiger partial charge is 0.0348 e. The topological polar surface area (TPSA) is 12.0 Å². The van der Waals surface area contributed by atoms with Crippen molar-refractivity contribution in [1.29, 1.82) is 0 Å². The predicted molar refractivity (Wildman–Crippen MR) is 67.9 cm³/mol. The van der Waals surface area contributed by atoms with Crippen LogP contribution in [0.5, 0.6) is 0 Å². The van der Waals surface area contributed by atoms with Gasteiger partial charge in [0.2, 0.25) is 0 Å². The highest BCUT2D eigenvalue weighted by Gasteiger charge is 2.27. The normalized spacial score (nSPS) is 18.5. The van der Waals surface area contributed by atoms with Crippen molar-refractivity contribution in [2.24, 2.45) is 5.92 Å². The van der Waals surface area contributed by atoms with Crippen molar-refractivity contribution in [3.05, 3.63) is 34.3 Å². The first kappa shape index (κ1) is 11.2. The molecule has 2 heteroatoms. The molecule has 0 saturated heterocycles. The van der Waals surface area contributed by atoms with Gasteiger partial charge in [-0.1, -0.05) is 41.4 Å². The molecule has 0 aliphatic heterocycles. The first-order valence-electron chi connectivity index (χ1n) is 5.80. The molecule has 0 heterocycles. The first-order valence-corrected chi connectivity index (χ1v) is 6.59. The van der Waals surface area contributed by atoms with E-state index in [-0.39, 0.29) is 0 Å². The Morgan fingerprint density at radius 2 is 2.27 bits per heavy atom. The van der Waals surface area contributed by atoms with Crippen LogP contribution in [-0.4, -0.2) is 6.54 Å². The molecule has 0 bridgehead atoms. The van der Waals surface area contributed by atoms with Gasteiger partial charge in [0.15, 0.2) is 0 Å². The number of halogens is 1. The number of benzene rings is 1. The lowest BCUT2D eigenvalue weighted by atomic mass is 9.77. The molecule has 1 aromatic rings. The molecule has 1 saturated carbocycles. The van der Waals surface area contributed by atoms with Gasteiger partial charge in [-0.3, -0.25) is 0 Å². The van der Waals surface area contributed by atoms with Gasteiger partial charge in [-0.2, -0.15) is 0 Å². The van der Waals surface area contributed by atoms with E-state index in [0.717, 1.165) is 12.5 Å². The second-order valence-corrected chi connectivity index (χ2v) is 5.20. The highest BCUT2D eigenvalue weighted by molar-refractivity contribution is 9.10. The van der Waals surface area contributed by atoms with Crippen LogP contribution in [0, 0.1) is 5.92 Å². The van der Waals surface area contributed by atoms with E-state index in [4.69, 9.17) is 0 Å². The van der Waals surface area contributed by atoms with Crippen LogP contribution in [0.3, 0.4) is 0 Å². The van der Waals surface area contributed by atoms with Crippen LogP contribution in [0.4, 0.5) is 0 Å². The maximum atomic E-state index is 3.61. The first-order chi connectivity index (χ1) is 7.31. The molecule has 1 fully saturated rings. The second kappa shape index (κ2) is 5.13. The molecule has 0 amide bonds. The zero-order valence-corrected chi connectivity index (χ0v) is 10.8. The van der Waals surface area contributed by atoms with E-state index in [1.165, 1.54) is 29.3 Å². The lowest BCUT2D eigenvalue weighted by Gasteiger charge is -2.34. The van der Waals surface area contributed by atoms with Crippen LogP contribution in [0.1, 0.15) is 37.8 Å². The molecule has 1 aromatic carbocycles. The maximum Gasteiger partial charge on any atom is 0.0348 e. The number of hydrogen-bond donors (Lipinski definition) is 1. The molecule has 1 aliphatic rings. The summed E-state index contributed by atoms with van der Waals surface area (Å²) in [7, 11) is 0. The van der Waals surface area contributed by atoms with Gasteiger partial charge in [-0.25, -0.2) is 0 Å². The van der Waals surface area contributed by atoms with E-state index in [9.17, 15) is 0 Å². The average Bonchev–Trinajstić information content (AvgIpc) is 2.14. The van der Waals surface area contributed by atoms with Crippen LogP contribution < -0.4 is 5.32 Å². The molecule has 82 valence electrons. The van der Waals surface area contributed by atoms with Crippen molar-refractivity contribution in [3.63, 3.8) is 0 Å². The van der Waals surface area contributed by atoms with Crippen molar-refractivity contribution in [3.8, 4) is 0 Å². The van der Waals surface area contributed by atoms with Crippen molar-refractivity contribution in [2.75, 3.05) is 6.54 Å². The Hall–Kier alpha value is -0.340. The summed E-state index contributed by atoms with van der Waals surface area (Å²) >= 11 is 3.54. The third-order valence-corrected chi connectivity index (χ3v) is 3.75. The Labute approximate surface area is 100 Å². The summed E-state index contributed by atoms with van der Waals surface area (Å²) in [6.45, 7) is 3.23. The van der Waals surface area contributed by atoms with Crippen molar-refractivity contribution in [1.82, 2.24) is 5.32 Å². The molecule has 1 nitrogen and oxygen atoms in total. The fourth-order valence-electron chi connectivity index (χ4n) is 2.25. The molecule has 1 N–H and O–H groups in total. The van der Waals surface area contributed by atoms with Crippen LogP contribution in [-0.2, 0) is 0 Å². The van der Waals surface area contributed by atoms with Gasteiger partial charge in [0.25, 0.3) is 0 Å². The molecular formula is C13H18BrN. The van der Waals surface area contributed by atoms with Crippen molar-refractivity contribution < 1.29 is 0 Å². The zero-order valence-electron chi connectivity index (χ0n) is 9.17. The van der Waals surface area contributed by atoms with Crippen molar-refractivity contribution >= 4 is 15.9 Å². The molecule has 0 radical (unpaired) electrons. The SMILES string of the molecule is CCNC(c1cccc(Br)c1)C1CCC1. The molecule has 0 spiro atoms. The van der Waals surface area contributed by atoms with E-state index >= 15 is 0 Å². The molecular weight excluding hydrogens is 250 g/mol. The van der Waals surface area contributed by atoms with Gasteiger partial charge in [-0.15, -0.1) is 0 Å². The van der Waals surface area contributed by atoms with Crippen LogP contribution >= 0.6 is 15.9 Å². The quantitative estimate of drug-likeness (QED) is 0.873. The summed E-state index contributed by atoms with van der Waals surface area (Å²) in [4.78, 5) is 0. The lowest BCUT2D eigenvalue weighted by Crippen LogP contribution is -2.32. The van der Waals surface area contributed by atoms with Gasteiger partial charge in [-0.05, 0) is 43.0 Å². The summed E-state index contributed by atoms with van der Waals surface area (Å²) in [6, 6.07) is 9.25. The second-order valence-electron chi connectivity index (χ2n) is 4.28. The largest absolute Gasteiger partial charge is 0.310 e. The summed E-state index contributed by atoms with van der Waals surface area (Å²) in [5, 5.41) is 3.61. The minimum atomic E-state index is 0.557. The minimum Gasteiger partial charge on any atom is -0.310 e.